The zero-order valence-corrected chi connectivity index (χ0v) is 15.7. The third-order valence-electron chi connectivity index (χ3n) is 5.56. The van der Waals surface area contributed by atoms with Crippen molar-refractivity contribution in [2.45, 2.75) is 6.54 Å². The molecule has 1 saturated heterocycles. The Bertz CT molecular complexity index is 1190. The molecular weight excluding hydrogens is 348 g/mol. The van der Waals surface area contributed by atoms with Crippen LogP contribution in [0.2, 0.25) is 0 Å². The van der Waals surface area contributed by atoms with Gasteiger partial charge in [0.15, 0.2) is 0 Å². The number of hydrogen-bond acceptors (Lipinski definition) is 4. The normalized spacial score (nSPS) is 15.4. The molecule has 4 nitrogen and oxygen atoms in total. The van der Waals surface area contributed by atoms with E-state index in [-0.39, 0.29) is 5.63 Å². The Labute approximate surface area is 163 Å². The quantitative estimate of drug-likeness (QED) is 0.505. The zero-order valence-electron chi connectivity index (χ0n) is 15.7. The van der Waals surface area contributed by atoms with Crippen molar-refractivity contribution in [3.8, 4) is 0 Å². The van der Waals surface area contributed by atoms with Gasteiger partial charge in [-0.05, 0) is 40.6 Å². The van der Waals surface area contributed by atoms with Crippen LogP contribution in [0.15, 0.2) is 82.0 Å². The minimum absolute atomic E-state index is 0.298. The van der Waals surface area contributed by atoms with Gasteiger partial charge in [0.25, 0.3) is 0 Å². The average molecular weight is 370 g/mol. The number of rotatable bonds is 3. The number of anilines is 1. The highest BCUT2D eigenvalue weighted by molar-refractivity contribution is 5.85. The lowest BCUT2D eigenvalue weighted by atomic mass is 10.1. The van der Waals surface area contributed by atoms with Crippen molar-refractivity contribution in [1.82, 2.24) is 4.90 Å². The van der Waals surface area contributed by atoms with Crippen molar-refractivity contribution in [1.29, 1.82) is 0 Å². The summed E-state index contributed by atoms with van der Waals surface area (Å²) in [6.07, 6.45) is 0. The fourth-order valence-electron chi connectivity index (χ4n) is 4.00. The van der Waals surface area contributed by atoms with Gasteiger partial charge in [-0.1, -0.05) is 42.5 Å². The molecule has 3 aromatic carbocycles. The van der Waals surface area contributed by atoms with Gasteiger partial charge >= 0.3 is 5.63 Å². The van der Waals surface area contributed by atoms with Crippen LogP contribution in [0.25, 0.3) is 21.7 Å². The molecule has 1 aliphatic rings. The molecule has 0 atom stereocenters. The third-order valence-corrected chi connectivity index (χ3v) is 5.56. The van der Waals surface area contributed by atoms with Gasteiger partial charge in [0.1, 0.15) is 5.58 Å². The Morgan fingerprint density at radius 2 is 1.50 bits per heavy atom. The maximum atomic E-state index is 11.5. The fourth-order valence-corrected chi connectivity index (χ4v) is 4.00. The van der Waals surface area contributed by atoms with Crippen LogP contribution in [-0.2, 0) is 6.54 Å². The smallest absolute Gasteiger partial charge is 0.336 e. The lowest BCUT2D eigenvalue weighted by molar-refractivity contribution is 0.250. The summed E-state index contributed by atoms with van der Waals surface area (Å²) in [5.74, 6) is 0. The second-order valence-electron chi connectivity index (χ2n) is 7.42. The van der Waals surface area contributed by atoms with Gasteiger partial charge in [0.2, 0.25) is 0 Å². The first-order chi connectivity index (χ1) is 13.7. The first-order valence-electron chi connectivity index (χ1n) is 9.73. The summed E-state index contributed by atoms with van der Waals surface area (Å²) in [7, 11) is 0. The highest BCUT2D eigenvalue weighted by Gasteiger charge is 2.17. The summed E-state index contributed by atoms with van der Waals surface area (Å²) in [6, 6.07) is 24.6. The highest BCUT2D eigenvalue weighted by atomic mass is 16.4. The summed E-state index contributed by atoms with van der Waals surface area (Å²) in [4.78, 5) is 16.4. The van der Waals surface area contributed by atoms with Crippen LogP contribution < -0.4 is 10.5 Å². The molecule has 0 N–H and O–H groups in total. The molecule has 28 heavy (non-hydrogen) atoms. The molecule has 1 aliphatic heterocycles. The Morgan fingerprint density at radius 3 is 2.36 bits per heavy atom. The van der Waals surface area contributed by atoms with E-state index in [1.54, 1.807) is 0 Å². The average Bonchev–Trinajstić information content (AvgIpc) is 2.74. The van der Waals surface area contributed by atoms with Crippen molar-refractivity contribution in [3.05, 3.63) is 88.8 Å². The summed E-state index contributed by atoms with van der Waals surface area (Å²) >= 11 is 0. The molecule has 1 fully saturated rings. The SMILES string of the molecule is O=c1ccc2ccc(CN3CCN(c4ccc5ccccc5c4)CC3)cc2o1. The summed E-state index contributed by atoms with van der Waals surface area (Å²) in [6.45, 7) is 4.94. The standard InChI is InChI=1S/C24H22N2O2/c27-24-10-8-20-6-5-18(15-23(20)28-24)17-25-11-13-26(14-12-25)22-9-7-19-3-1-2-4-21(19)16-22/h1-10,15-16H,11-14,17H2. The van der Waals surface area contributed by atoms with Gasteiger partial charge in [0.05, 0.1) is 0 Å². The van der Waals surface area contributed by atoms with Crippen molar-refractivity contribution in [3.63, 3.8) is 0 Å². The Kier molecular flexibility index (Phi) is 4.34. The van der Waals surface area contributed by atoms with Gasteiger partial charge in [-0.3, -0.25) is 4.90 Å². The van der Waals surface area contributed by atoms with Crippen LogP contribution in [0.4, 0.5) is 5.69 Å². The maximum absolute atomic E-state index is 11.5. The van der Waals surface area contributed by atoms with E-state index in [0.717, 1.165) is 38.1 Å². The molecule has 0 bridgehead atoms. The van der Waals surface area contributed by atoms with E-state index >= 15 is 0 Å². The highest BCUT2D eigenvalue weighted by Crippen LogP contribution is 2.24. The molecule has 140 valence electrons. The van der Waals surface area contributed by atoms with Crippen molar-refractivity contribution in [2.75, 3.05) is 31.1 Å². The number of fused-ring (bicyclic) bond motifs is 2. The number of nitrogens with zero attached hydrogens (tertiary/aromatic N) is 2. The molecule has 1 aromatic heterocycles. The number of benzene rings is 3. The third kappa shape index (κ3) is 3.39. The summed E-state index contributed by atoms with van der Waals surface area (Å²) in [5, 5.41) is 3.54. The van der Waals surface area contributed by atoms with Gasteiger partial charge < -0.3 is 9.32 Å². The minimum Gasteiger partial charge on any atom is -0.423 e. The Morgan fingerprint density at radius 1 is 0.750 bits per heavy atom. The first-order valence-corrected chi connectivity index (χ1v) is 9.73. The molecule has 4 aromatic rings. The molecule has 0 aliphatic carbocycles. The largest absolute Gasteiger partial charge is 0.423 e. The Balaban J connectivity index is 1.27. The van der Waals surface area contributed by atoms with Gasteiger partial charge in [-0.15, -0.1) is 0 Å². The van der Waals surface area contributed by atoms with E-state index in [2.05, 4.69) is 58.3 Å². The fraction of sp³-hybridized carbons (Fsp3) is 0.208. The lowest BCUT2D eigenvalue weighted by Gasteiger charge is -2.36. The van der Waals surface area contributed by atoms with Crippen molar-refractivity contribution < 1.29 is 4.42 Å². The van der Waals surface area contributed by atoms with Crippen LogP contribution in [0.3, 0.4) is 0 Å². The minimum atomic E-state index is -0.298. The maximum Gasteiger partial charge on any atom is 0.336 e. The number of hydrogen-bond donors (Lipinski definition) is 0. The molecule has 4 heteroatoms. The van der Waals surface area contributed by atoms with E-state index in [0.29, 0.717) is 5.58 Å². The van der Waals surface area contributed by atoms with Crippen LogP contribution in [0, 0.1) is 0 Å². The molecule has 0 amide bonds. The van der Waals surface area contributed by atoms with Crippen molar-refractivity contribution in [2.24, 2.45) is 0 Å². The molecular formula is C24H22N2O2. The van der Waals surface area contributed by atoms with Gasteiger partial charge in [0, 0.05) is 49.9 Å². The predicted octanol–water partition coefficient (Wildman–Crippen LogP) is 4.27. The summed E-state index contributed by atoms with van der Waals surface area (Å²) in [5.41, 5.74) is 2.85. The van der Waals surface area contributed by atoms with E-state index in [1.807, 2.05) is 18.2 Å². The molecule has 0 radical (unpaired) electrons. The predicted molar refractivity (Wildman–Crippen MR) is 114 cm³/mol. The van der Waals surface area contributed by atoms with E-state index in [4.69, 9.17) is 4.42 Å². The van der Waals surface area contributed by atoms with Gasteiger partial charge in [-0.25, -0.2) is 4.79 Å². The topological polar surface area (TPSA) is 36.7 Å². The second-order valence-corrected chi connectivity index (χ2v) is 7.42. The van der Waals surface area contributed by atoms with Crippen LogP contribution in [-0.4, -0.2) is 31.1 Å². The van der Waals surface area contributed by atoms with E-state index in [9.17, 15) is 4.79 Å². The van der Waals surface area contributed by atoms with Crippen LogP contribution >= 0.6 is 0 Å². The summed E-state index contributed by atoms with van der Waals surface area (Å²) < 4.78 is 5.32. The molecule has 2 heterocycles. The number of piperazine rings is 1. The Hall–Kier alpha value is -3.11. The lowest BCUT2D eigenvalue weighted by Crippen LogP contribution is -2.45. The molecule has 5 rings (SSSR count). The second kappa shape index (κ2) is 7.13. The van der Waals surface area contributed by atoms with Crippen molar-refractivity contribution >= 4 is 27.4 Å². The molecule has 0 saturated carbocycles. The van der Waals surface area contributed by atoms with Crippen LogP contribution in [0.1, 0.15) is 5.56 Å². The molecule has 0 spiro atoms. The van der Waals surface area contributed by atoms with Gasteiger partial charge in [-0.2, -0.15) is 0 Å². The molecule has 0 unspecified atom stereocenters. The van der Waals surface area contributed by atoms with E-state index < -0.39 is 0 Å². The van der Waals surface area contributed by atoms with Crippen LogP contribution in [0.5, 0.6) is 0 Å². The van der Waals surface area contributed by atoms with E-state index in [1.165, 1.54) is 28.1 Å². The zero-order chi connectivity index (χ0) is 18.9. The first kappa shape index (κ1) is 17.0. The monoisotopic (exact) mass is 370 g/mol.